The van der Waals surface area contributed by atoms with Crippen LogP contribution >= 0.6 is 0 Å². The number of nitrogens with zero attached hydrogens (tertiary/aromatic N) is 1. The fourth-order valence-electron chi connectivity index (χ4n) is 1.55. The normalized spacial score (nSPS) is 18.0. The van der Waals surface area contributed by atoms with E-state index in [-0.39, 0.29) is 12.6 Å². The molecular formula is C8H21N2O+. The van der Waals surface area contributed by atoms with E-state index in [1.807, 2.05) is 0 Å². The van der Waals surface area contributed by atoms with Crippen molar-refractivity contribution in [2.24, 2.45) is 5.73 Å². The van der Waals surface area contributed by atoms with Crippen LogP contribution in [0, 0.1) is 0 Å². The van der Waals surface area contributed by atoms with Crippen LogP contribution in [0.1, 0.15) is 13.3 Å². The molecule has 0 heterocycles. The molecule has 0 radical (unpaired) electrons. The summed E-state index contributed by atoms with van der Waals surface area (Å²) in [7, 11) is 6.30. The van der Waals surface area contributed by atoms with E-state index in [0.29, 0.717) is 6.04 Å². The summed E-state index contributed by atoms with van der Waals surface area (Å²) in [5.74, 6) is 0. The highest BCUT2D eigenvalue weighted by Gasteiger charge is 2.27. The Bertz CT molecular complexity index is 109. The van der Waals surface area contributed by atoms with E-state index in [1.54, 1.807) is 0 Å². The molecule has 0 spiro atoms. The van der Waals surface area contributed by atoms with Crippen LogP contribution in [0.25, 0.3) is 0 Å². The molecule has 0 fully saturated rings. The van der Waals surface area contributed by atoms with Crippen LogP contribution in [0.3, 0.4) is 0 Å². The van der Waals surface area contributed by atoms with E-state index in [0.717, 1.165) is 10.9 Å². The molecule has 0 saturated carbocycles. The van der Waals surface area contributed by atoms with Gasteiger partial charge in [-0.2, -0.15) is 0 Å². The maximum absolute atomic E-state index is 8.86. The fraction of sp³-hybridized carbons (Fsp3) is 1.00. The standard InChI is InChI=1S/C8H21N2O/c1-5-8(7(9)6-11)10(2,3)4/h7-8,11H,5-6,9H2,1-4H3/q+1. The van der Waals surface area contributed by atoms with E-state index < -0.39 is 0 Å². The quantitative estimate of drug-likeness (QED) is 0.560. The van der Waals surface area contributed by atoms with Gasteiger partial charge in [0.25, 0.3) is 0 Å². The summed E-state index contributed by atoms with van der Waals surface area (Å²) in [4.78, 5) is 0. The van der Waals surface area contributed by atoms with Crippen molar-refractivity contribution >= 4 is 0 Å². The van der Waals surface area contributed by atoms with Crippen LogP contribution in [-0.2, 0) is 0 Å². The Labute approximate surface area is 69.4 Å². The van der Waals surface area contributed by atoms with Crippen LogP contribution in [0.5, 0.6) is 0 Å². The predicted molar refractivity (Wildman–Crippen MR) is 47.2 cm³/mol. The van der Waals surface area contributed by atoms with Gasteiger partial charge in [-0.1, -0.05) is 6.92 Å². The maximum Gasteiger partial charge on any atom is 0.106 e. The van der Waals surface area contributed by atoms with Gasteiger partial charge in [-0.05, 0) is 6.42 Å². The van der Waals surface area contributed by atoms with Gasteiger partial charge in [0.05, 0.1) is 33.8 Å². The minimum atomic E-state index is -0.0972. The Hall–Kier alpha value is -0.120. The van der Waals surface area contributed by atoms with Crippen molar-refractivity contribution in [1.82, 2.24) is 0 Å². The summed E-state index contributed by atoms with van der Waals surface area (Å²) in [5, 5.41) is 8.86. The molecule has 0 amide bonds. The molecule has 0 bridgehead atoms. The van der Waals surface area contributed by atoms with Gasteiger partial charge in [-0.15, -0.1) is 0 Å². The van der Waals surface area contributed by atoms with E-state index in [1.165, 1.54) is 0 Å². The average molecular weight is 161 g/mol. The molecule has 2 atom stereocenters. The van der Waals surface area contributed by atoms with Crippen LogP contribution < -0.4 is 5.73 Å². The van der Waals surface area contributed by atoms with Gasteiger partial charge in [-0.25, -0.2) is 0 Å². The SMILES string of the molecule is CCC(C(N)CO)[N+](C)(C)C. The first kappa shape index (κ1) is 10.9. The van der Waals surface area contributed by atoms with Crippen LogP contribution in [0.2, 0.25) is 0 Å². The van der Waals surface area contributed by atoms with E-state index in [2.05, 4.69) is 28.1 Å². The van der Waals surface area contributed by atoms with Gasteiger partial charge in [0.1, 0.15) is 6.04 Å². The largest absolute Gasteiger partial charge is 0.395 e. The molecule has 0 rings (SSSR count). The number of hydrogen-bond acceptors (Lipinski definition) is 2. The second kappa shape index (κ2) is 4.04. The summed E-state index contributed by atoms with van der Waals surface area (Å²) in [6.07, 6.45) is 1.01. The lowest BCUT2D eigenvalue weighted by Gasteiger charge is -2.36. The van der Waals surface area contributed by atoms with Crippen LogP contribution in [-0.4, -0.2) is 49.4 Å². The van der Waals surface area contributed by atoms with Gasteiger partial charge in [0.2, 0.25) is 0 Å². The molecule has 0 aliphatic rings. The smallest absolute Gasteiger partial charge is 0.106 e. The third-order valence-electron chi connectivity index (χ3n) is 2.12. The number of aliphatic hydroxyl groups excluding tert-OH is 1. The van der Waals surface area contributed by atoms with Gasteiger partial charge in [-0.3, -0.25) is 0 Å². The lowest BCUT2D eigenvalue weighted by molar-refractivity contribution is -0.897. The van der Waals surface area contributed by atoms with Gasteiger partial charge in [0, 0.05) is 0 Å². The summed E-state index contributed by atoms with van der Waals surface area (Å²) in [6, 6.07) is 0.250. The Balaban J connectivity index is 4.16. The summed E-state index contributed by atoms with van der Waals surface area (Å²) in [5.41, 5.74) is 5.75. The molecule has 3 heteroatoms. The lowest BCUT2D eigenvalue weighted by Crippen LogP contribution is -2.55. The highest BCUT2D eigenvalue weighted by Crippen LogP contribution is 2.09. The Kier molecular flexibility index (Phi) is 4.00. The molecule has 0 aromatic rings. The van der Waals surface area contributed by atoms with E-state index in [9.17, 15) is 0 Å². The lowest BCUT2D eigenvalue weighted by atomic mass is 10.0. The third-order valence-corrected chi connectivity index (χ3v) is 2.12. The third kappa shape index (κ3) is 3.18. The van der Waals surface area contributed by atoms with Crippen molar-refractivity contribution in [3.63, 3.8) is 0 Å². The predicted octanol–water partition coefficient (Wildman–Crippen LogP) is -0.209. The van der Waals surface area contributed by atoms with Crippen molar-refractivity contribution < 1.29 is 9.59 Å². The second-order valence-corrected chi connectivity index (χ2v) is 3.94. The van der Waals surface area contributed by atoms with Gasteiger partial charge >= 0.3 is 0 Å². The van der Waals surface area contributed by atoms with Crippen molar-refractivity contribution in [1.29, 1.82) is 0 Å². The van der Waals surface area contributed by atoms with Crippen molar-refractivity contribution in [2.45, 2.75) is 25.4 Å². The molecule has 2 unspecified atom stereocenters. The molecule has 0 aliphatic carbocycles. The van der Waals surface area contributed by atoms with Crippen molar-refractivity contribution in [3.8, 4) is 0 Å². The molecule has 3 nitrogen and oxygen atoms in total. The van der Waals surface area contributed by atoms with Crippen LogP contribution in [0.4, 0.5) is 0 Å². The number of hydrogen-bond donors (Lipinski definition) is 2. The summed E-state index contributed by atoms with van der Waals surface area (Å²) < 4.78 is 0.818. The van der Waals surface area contributed by atoms with Crippen molar-refractivity contribution in [3.05, 3.63) is 0 Å². The fourth-order valence-corrected chi connectivity index (χ4v) is 1.55. The Morgan fingerprint density at radius 3 is 1.91 bits per heavy atom. The number of quaternary nitrogens is 1. The zero-order chi connectivity index (χ0) is 9.07. The maximum atomic E-state index is 8.86. The number of nitrogens with two attached hydrogens (primary N) is 1. The highest BCUT2D eigenvalue weighted by molar-refractivity contribution is 4.70. The summed E-state index contributed by atoms with van der Waals surface area (Å²) in [6.45, 7) is 2.18. The first-order valence-corrected chi connectivity index (χ1v) is 4.11. The Morgan fingerprint density at radius 2 is 1.82 bits per heavy atom. The van der Waals surface area contributed by atoms with Gasteiger partial charge < -0.3 is 15.3 Å². The first-order chi connectivity index (χ1) is 4.93. The van der Waals surface area contributed by atoms with E-state index in [4.69, 9.17) is 10.8 Å². The molecule has 0 saturated heterocycles. The van der Waals surface area contributed by atoms with Crippen molar-refractivity contribution in [2.75, 3.05) is 27.7 Å². The molecule has 0 aromatic carbocycles. The molecular weight excluding hydrogens is 140 g/mol. The molecule has 0 aromatic heterocycles. The molecule has 3 N–H and O–H groups in total. The van der Waals surface area contributed by atoms with Crippen LogP contribution in [0.15, 0.2) is 0 Å². The second-order valence-electron chi connectivity index (χ2n) is 3.94. The number of aliphatic hydroxyl groups is 1. The molecule has 68 valence electrons. The minimum Gasteiger partial charge on any atom is -0.395 e. The minimum absolute atomic E-state index is 0.0774. The zero-order valence-corrected chi connectivity index (χ0v) is 8.04. The first-order valence-electron chi connectivity index (χ1n) is 4.11. The zero-order valence-electron chi connectivity index (χ0n) is 8.04. The molecule has 0 aliphatic heterocycles. The number of likely N-dealkylation sites (N-methyl/N-ethyl adjacent to an activating group) is 1. The molecule has 11 heavy (non-hydrogen) atoms. The summed E-state index contributed by atoms with van der Waals surface area (Å²) >= 11 is 0. The topological polar surface area (TPSA) is 46.2 Å². The average Bonchev–Trinajstić information content (AvgIpc) is 1.86. The number of rotatable bonds is 4. The Morgan fingerprint density at radius 1 is 1.36 bits per heavy atom. The monoisotopic (exact) mass is 161 g/mol. The van der Waals surface area contributed by atoms with Gasteiger partial charge in [0.15, 0.2) is 0 Å². The highest BCUT2D eigenvalue weighted by atomic mass is 16.3. The van der Waals surface area contributed by atoms with E-state index >= 15 is 0 Å².